The third-order valence-electron chi connectivity index (χ3n) is 5.38. The van der Waals surface area contributed by atoms with E-state index in [-0.39, 0.29) is 17.4 Å². The summed E-state index contributed by atoms with van der Waals surface area (Å²) >= 11 is 0. The van der Waals surface area contributed by atoms with Crippen molar-refractivity contribution in [2.24, 2.45) is 11.8 Å². The Balaban J connectivity index is 2.28. The minimum absolute atomic E-state index is 0.181. The molecule has 2 N–H and O–H groups in total. The van der Waals surface area contributed by atoms with Crippen LogP contribution in [0.1, 0.15) is 76.3 Å². The van der Waals surface area contributed by atoms with E-state index in [2.05, 4.69) is 27.4 Å². The number of phenols is 2. The van der Waals surface area contributed by atoms with Gasteiger partial charge in [-0.15, -0.1) is 0 Å². The largest absolute Gasteiger partial charge is 0.508 e. The minimum Gasteiger partial charge on any atom is -0.508 e. The molecule has 2 heteroatoms. The average Bonchev–Trinajstić information content (AvgIpc) is 2.46. The number of aryl methyl sites for hydroxylation is 1. The van der Waals surface area contributed by atoms with Crippen molar-refractivity contribution >= 4 is 0 Å². The number of unbranched alkanes of at least 4 members (excludes halogenated alkanes) is 2. The van der Waals surface area contributed by atoms with Crippen molar-refractivity contribution in [3.05, 3.63) is 35.4 Å². The zero-order valence-corrected chi connectivity index (χ0v) is 14.9. The van der Waals surface area contributed by atoms with Crippen LogP contribution in [0.2, 0.25) is 0 Å². The van der Waals surface area contributed by atoms with E-state index in [1.165, 1.54) is 19.3 Å². The van der Waals surface area contributed by atoms with Crippen LogP contribution in [0, 0.1) is 11.8 Å². The Kier molecular flexibility index (Phi) is 6.15. The van der Waals surface area contributed by atoms with Crippen LogP contribution in [0.3, 0.4) is 0 Å². The number of aromatic hydroxyl groups is 2. The van der Waals surface area contributed by atoms with Crippen molar-refractivity contribution in [2.45, 2.75) is 71.6 Å². The molecule has 3 atom stereocenters. The lowest BCUT2D eigenvalue weighted by Gasteiger charge is -2.36. The van der Waals surface area contributed by atoms with E-state index in [9.17, 15) is 10.2 Å². The SMILES string of the molecule is C=C(C)[C@H]1CC[C@H](C)C[C@H]1c1c(O)cc(CCCCC)cc1O. The predicted octanol–water partition coefficient (Wildman–Crippen LogP) is 5.93. The first kappa shape index (κ1) is 17.9. The molecule has 1 aromatic rings. The summed E-state index contributed by atoms with van der Waals surface area (Å²) < 4.78 is 0. The normalized spacial score (nSPS) is 24.6. The third kappa shape index (κ3) is 4.31. The molecular formula is C21H32O2. The maximum atomic E-state index is 10.6. The molecule has 0 radical (unpaired) electrons. The van der Waals surface area contributed by atoms with E-state index in [0.717, 1.165) is 42.4 Å². The molecule has 0 aromatic heterocycles. The number of phenolic OH excluding ortho intramolecular Hbond substituents is 2. The molecule has 0 saturated heterocycles. The predicted molar refractivity (Wildman–Crippen MR) is 97.1 cm³/mol. The van der Waals surface area contributed by atoms with Gasteiger partial charge in [0.05, 0.1) is 0 Å². The van der Waals surface area contributed by atoms with Crippen LogP contribution in [-0.2, 0) is 6.42 Å². The Bertz CT molecular complexity index is 524. The summed E-state index contributed by atoms with van der Waals surface area (Å²) in [5, 5.41) is 21.2. The van der Waals surface area contributed by atoms with E-state index in [1.54, 1.807) is 0 Å². The first-order valence-corrected chi connectivity index (χ1v) is 9.14. The van der Waals surface area contributed by atoms with Crippen LogP contribution in [0.4, 0.5) is 0 Å². The molecule has 2 nitrogen and oxygen atoms in total. The van der Waals surface area contributed by atoms with Gasteiger partial charge in [-0.3, -0.25) is 0 Å². The van der Waals surface area contributed by atoms with Gasteiger partial charge in [0.2, 0.25) is 0 Å². The van der Waals surface area contributed by atoms with Gasteiger partial charge in [-0.2, -0.15) is 0 Å². The van der Waals surface area contributed by atoms with Crippen molar-refractivity contribution in [2.75, 3.05) is 0 Å². The maximum Gasteiger partial charge on any atom is 0.123 e. The molecule has 0 spiro atoms. The van der Waals surface area contributed by atoms with E-state index in [0.29, 0.717) is 11.8 Å². The number of allylic oxidation sites excluding steroid dienone is 1. The molecule has 1 saturated carbocycles. The number of hydrogen-bond acceptors (Lipinski definition) is 2. The fraction of sp³-hybridized carbons (Fsp3) is 0.619. The molecule has 0 bridgehead atoms. The highest BCUT2D eigenvalue weighted by atomic mass is 16.3. The monoisotopic (exact) mass is 316 g/mol. The smallest absolute Gasteiger partial charge is 0.123 e. The zero-order chi connectivity index (χ0) is 17.0. The molecule has 1 aliphatic rings. The van der Waals surface area contributed by atoms with E-state index < -0.39 is 0 Å². The second-order valence-electron chi connectivity index (χ2n) is 7.48. The van der Waals surface area contributed by atoms with Crippen LogP contribution in [0.5, 0.6) is 11.5 Å². The van der Waals surface area contributed by atoms with E-state index in [4.69, 9.17) is 0 Å². The standard InChI is InChI=1S/C21H32O2/c1-5-6-7-8-16-12-19(22)21(20(23)13-16)18-11-15(4)9-10-17(18)14(2)3/h12-13,15,17-18,22-23H,2,5-11H2,1,3-4H3/t15-,17+,18+/m0/s1. The highest BCUT2D eigenvalue weighted by molar-refractivity contribution is 5.49. The maximum absolute atomic E-state index is 10.6. The quantitative estimate of drug-likeness (QED) is 0.504. The van der Waals surface area contributed by atoms with Gasteiger partial charge in [-0.1, -0.05) is 45.3 Å². The van der Waals surface area contributed by atoms with Crippen LogP contribution in [0.25, 0.3) is 0 Å². The Morgan fingerprint density at radius 1 is 1.17 bits per heavy atom. The molecule has 0 heterocycles. The first-order valence-electron chi connectivity index (χ1n) is 9.14. The highest BCUT2D eigenvalue weighted by Gasteiger charge is 2.33. The molecule has 2 rings (SSSR count). The van der Waals surface area contributed by atoms with Crippen molar-refractivity contribution in [3.63, 3.8) is 0 Å². The topological polar surface area (TPSA) is 40.5 Å². The van der Waals surface area contributed by atoms with Gasteiger partial charge in [0.1, 0.15) is 11.5 Å². The Morgan fingerprint density at radius 3 is 2.39 bits per heavy atom. The molecule has 1 aliphatic carbocycles. The summed E-state index contributed by atoms with van der Waals surface area (Å²) in [4.78, 5) is 0. The summed E-state index contributed by atoms with van der Waals surface area (Å²) in [6.45, 7) is 10.7. The van der Waals surface area contributed by atoms with E-state index >= 15 is 0 Å². The van der Waals surface area contributed by atoms with Gasteiger partial charge < -0.3 is 10.2 Å². The lowest BCUT2D eigenvalue weighted by atomic mass is 9.69. The van der Waals surface area contributed by atoms with Gasteiger partial charge in [-0.25, -0.2) is 0 Å². The van der Waals surface area contributed by atoms with Crippen molar-refractivity contribution < 1.29 is 10.2 Å². The lowest BCUT2D eigenvalue weighted by Crippen LogP contribution is -2.23. The van der Waals surface area contributed by atoms with Gasteiger partial charge >= 0.3 is 0 Å². The second-order valence-corrected chi connectivity index (χ2v) is 7.48. The lowest BCUT2D eigenvalue weighted by molar-refractivity contribution is 0.267. The highest BCUT2D eigenvalue weighted by Crippen LogP contribution is 2.49. The van der Waals surface area contributed by atoms with Gasteiger partial charge in [0, 0.05) is 5.56 Å². The molecule has 0 unspecified atom stereocenters. The van der Waals surface area contributed by atoms with Crippen molar-refractivity contribution in [1.29, 1.82) is 0 Å². The third-order valence-corrected chi connectivity index (χ3v) is 5.38. The van der Waals surface area contributed by atoms with Gasteiger partial charge in [-0.05, 0) is 68.1 Å². The van der Waals surface area contributed by atoms with Crippen molar-refractivity contribution in [3.8, 4) is 11.5 Å². The fourth-order valence-electron chi connectivity index (χ4n) is 4.07. The van der Waals surface area contributed by atoms with Crippen LogP contribution in [-0.4, -0.2) is 10.2 Å². The summed E-state index contributed by atoms with van der Waals surface area (Å²) in [7, 11) is 0. The fourth-order valence-corrected chi connectivity index (χ4v) is 4.07. The second kappa shape index (κ2) is 7.90. The van der Waals surface area contributed by atoms with Gasteiger partial charge in [0.15, 0.2) is 0 Å². The van der Waals surface area contributed by atoms with Crippen LogP contribution < -0.4 is 0 Å². The Labute approximate surface area is 141 Å². The molecule has 128 valence electrons. The van der Waals surface area contributed by atoms with Crippen LogP contribution >= 0.6 is 0 Å². The molecule has 0 amide bonds. The zero-order valence-electron chi connectivity index (χ0n) is 14.9. The Morgan fingerprint density at radius 2 is 1.83 bits per heavy atom. The molecule has 1 aromatic carbocycles. The average molecular weight is 316 g/mol. The molecule has 0 aliphatic heterocycles. The first-order chi connectivity index (χ1) is 10.9. The minimum atomic E-state index is 0.181. The molecule has 23 heavy (non-hydrogen) atoms. The van der Waals surface area contributed by atoms with Gasteiger partial charge in [0.25, 0.3) is 0 Å². The summed E-state index contributed by atoms with van der Waals surface area (Å²) in [5.41, 5.74) is 2.93. The van der Waals surface area contributed by atoms with Crippen LogP contribution in [0.15, 0.2) is 24.3 Å². The number of rotatable bonds is 6. The summed E-state index contributed by atoms with van der Waals surface area (Å²) in [6, 6.07) is 3.72. The number of hydrogen-bond donors (Lipinski definition) is 2. The number of benzene rings is 1. The summed E-state index contributed by atoms with van der Waals surface area (Å²) in [5.74, 6) is 1.69. The molecular weight excluding hydrogens is 284 g/mol. The molecule has 1 fully saturated rings. The van der Waals surface area contributed by atoms with Crippen molar-refractivity contribution in [1.82, 2.24) is 0 Å². The summed E-state index contributed by atoms with van der Waals surface area (Å²) in [6.07, 6.45) is 7.68. The Hall–Kier alpha value is -1.44. The van der Waals surface area contributed by atoms with E-state index in [1.807, 2.05) is 12.1 Å².